The third-order valence-electron chi connectivity index (χ3n) is 5.73. The monoisotopic (exact) mass is 591 g/mol. The summed E-state index contributed by atoms with van der Waals surface area (Å²) < 4.78 is 29.8. The van der Waals surface area contributed by atoms with E-state index in [1.54, 1.807) is 18.2 Å². The number of aryl methyl sites for hydroxylation is 1. The van der Waals surface area contributed by atoms with Gasteiger partial charge < -0.3 is 15.3 Å². The predicted molar refractivity (Wildman–Crippen MR) is 152 cm³/mol. The molecular weight excluding hydrogens is 565 g/mol. The van der Waals surface area contributed by atoms with Crippen LogP contribution in [0.2, 0.25) is 10.0 Å². The van der Waals surface area contributed by atoms with Crippen LogP contribution in [0.4, 0.5) is 11.5 Å². The van der Waals surface area contributed by atoms with Gasteiger partial charge in [-0.3, -0.25) is 9.36 Å². The van der Waals surface area contributed by atoms with Crippen molar-refractivity contribution in [2.45, 2.75) is 11.8 Å². The smallest absolute Gasteiger partial charge is 0.319 e. The van der Waals surface area contributed by atoms with Crippen LogP contribution in [0.25, 0.3) is 16.7 Å². The minimum atomic E-state index is -4.29. The molecule has 0 saturated heterocycles. The van der Waals surface area contributed by atoms with E-state index in [1.807, 2.05) is 43.9 Å². The fourth-order valence-electron chi connectivity index (χ4n) is 3.89. The molecule has 206 valence electrons. The summed E-state index contributed by atoms with van der Waals surface area (Å²) in [4.78, 5) is 13.2. The molecule has 0 aliphatic carbocycles. The number of aromatic nitrogens is 3. The largest absolute Gasteiger partial charge is 0.480 e. The summed E-state index contributed by atoms with van der Waals surface area (Å²) in [7, 11) is -0.306. The van der Waals surface area contributed by atoms with E-state index in [0.29, 0.717) is 11.6 Å². The Kier molecular flexibility index (Phi) is 8.62. The number of hydrogen-bond acceptors (Lipinski definition) is 8. The van der Waals surface area contributed by atoms with Crippen molar-refractivity contribution in [3.63, 3.8) is 0 Å². The summed E-state index contributed by atoms with van der Waals surface area (Å²) in [6, 6.07) is 12.5. The number of carboxylic acid groups (broad SMARTS) is 1. The zero-order chi connectivity index (χ0) is 28.3. The Bertz CT molecular complexity index is 1590. The van der Waals surface area contributed by atoms with Crippen molar-refractivity contribution < 1.29 is 18.3 Å². The Morgan fingerprint density at radius 1 is 1.05 bits per heavy atom. The van der Waals surface area contributed by atoms with Crippen LogP contribution >= 0.6 is 23.2 Å². The molecule has 0 aliphatic heterocycles. The van der Waals surface area contributed by atoms with Gasteiger partial charge in [-0.05, 0) is 75.1 Å². The first-order valence-corrected chi connectivity index (χ1v) is 14.0. The lowest BCUT2D eigenvalue weighted by Gasteiger charge is -2.25. The zero-order valence-corrected chi connectivity index (χ0v) is 23.7. The molecule has 4 rings (SSSR count). The normalized spacial score (nSPS) is 11.7. The minimum absolute atomic E-state index is 0.127. The number of fused-ring (bicyclic) bond motifs is 1. The molecular formula is C25H27Cl2N7O4S. The first-order valence-electron chi connectivity index (χ1n) is 11.8. The van der Waals surface area contributed by atoms with Gasteiger partial charge in [0.15, 0.2) is 5.82 Å². The second-order valence-electron chi connectivity index (χ2n) is 8.99. The van der Waals surface area contributed by atoms with Gasteiger partial charge in [-0.1, -0.05) is 23.2 Å². The van der Waals surface area contributed by atoms with Crippen LogP contribution in [-0.2, 0) is 14.8 Å². The fourth-order valence-corrected chi connectivity index (χ4v) is 5.94. The summed E-state index contributed by atoms with van der Waals surface area (Å²) in [6.45, 7) is 2.82. The number of anilines is 2. The van der Waals surface area contributed by atoms with Gasteiger partial charge in [0, 0.05) is 34.7 Å². The van der Waals surface area contributed by atoms with Crippen molar-refractivity contribution in [3.8, 4) is 5.82 Å². The lowest BCUT2D eigenvalue weighted by Crippen LogP contribution is -2.45. The van der Waals surface area contributed by atoms with E-state index in [4.69, 9.17) is 23.2 Å². The number of benzene rings is 2. The maximum atomic E-state index is 13.6. The molecule has 0 fully saturated rings. The van der Waals surface area contributed by atoms with Gasteiger partial charge >= 0.3 is 5.97 Å². The van der Waals surface area contributed by atoms with E-state index < -0.39 is 22.5 Å². The van der Waals surface area contributed by atoms with Gasteiger partial charge in [0.2, 0.25) is 0 Å². The summed E-state index contributed by atoms with van der Waals surface area (Å²) >= 11 is 12.1. The average molecular weight is 593 g/mol. The molecule has 2 heterocycles. The number of likely N-dealkylation sites (N-methyl/N-ethyl adjacent to an activating group) is 1. The first-order chi connectivity index (χ1) is 18.5. The molecule has 2 aromatic carbocycles. The molecule has 0 atom stereocenters. The summed E-state index contributed by atoms with van der Waals surface area (Å²) in [6.07, 6.45) is 1.87. The van der Waals surface area contributed by atoms with Gasteiger partial charge in [0.05, 0.1) is 16.1 Å². The van der Waals surface area contributed by atoms with Crippen LogP contribution in [-0.4, -0.2) is 72.9 Å². The van der Waals surface area contributed by atoms with Crippen LogP contribution in [0.1, 0.15) is 5.56 Å². The topological polar surface area (TPSA) is 133 Å². The Hall–Kier alpha value is -3.42. The summed E-state index contributed by atoms with van der Waals surface area (Å²) in [5.41, 5.74) is 4.30. The molecule has 0 aliphatic rings. The lowest BCUT2D eigenvalue weighted by molar-refractivity contribution is -0.135. The van der Waals surface area contributed by atoms with Crippen LogP contribution in [0.3, 0.4) is 0 Å². The first kappa shape index (κ1) is 28.6. The van der Waals surface area contributed by atoms with Crippen molar-refractivity contribution in [1.29, 1.82) is 0 Å². The van der Waals surface area contributed by atoms with E-state index in [-0.39, 0.29) is 20.6 Å². The third kappa shape index (κ3) is 6.60. The highest BCUT2D eigenvalue weighted by Crippen LogP contribution is 2.31. The number of carbonyl (C=O) groups is 1. The van der Waals surface area contributed by atoms with E-state index in [2.05, 4.69) is 25.8 Å². The van der Waals surface area contributed by atoms with Crippen LogP contribution in [0, 0.1) is 6.92 Å². The number of sulfonamides is 1. The second-order valence-corrected chi connectivity index (χ2v) is 11.7. The highest BCUT2D eigenvalue weighted by atomic mass is 35.5. The molecule has 14 heteroatoms. The fraction of sp³-hybridized carbons (Fsp3) is 0.240. The van der Waals surface area contributed by atoms with Crippen molar-refractivity contribution in [1.82, 2.24) is 25.1 Å². The molecule has 0 spiro atoms. The standard InChI is InChI=1S/C25H27Cl2N7O4S/c1-16-15-33(24-7-6-23(30-31-24)28-8-9-32(2)3)22-5-4-19(13-21(16)22)34(29-14-25(35)36)39(37,38)20-11-17(26)10-18(27)12-20/h4-7,10-13,15,29H,8-9,14H2,1-3H3,(H,28,30)(H,35,36). The second kappa shape index (κ2) is 11.8. The predicted octanol–water partition coefficient (Wildman–Crippen LogP) is 3.79. The Labute approximate surface area is 236 Å². The van der Waals surface area contributed by atoms with Gasteiger partial charge in [-0.2, -0.15) is 12.8 Å². The Balaban J connectivity index is 1.70. The number of halogens is 2. The molecule has 0 saturated carbocycles. The van der Waals surface area contributed by atoms with Gasteiger partial charge in [0.1, 0.15) is 12.4 Å². The van der Waals surface area contributed by atoms with E-state index in [0.717, 1.165) is 34.0 Å². The number of nitrogens with one attached hydrogen (secondary N) is 2. The number of hydrogen-bond donors (Lipinski definition) is 3. The Morgan fingerprint density at radius 2 is 1.77 bits per heavy atom. The number of hydrazine groups is 1. The molecule has 0 radical (unpaired) electrons. The van der Waals surface area contributed by atoms with E-state index in [1.165, 1.54) is 18.2 Å². The molecule has 2 aromatic heterocycles. The van der Waals surface area contributed by atoms with Crippen LogP contribution < -0.4 is 15.2 Å². The summed E-state index contributed by atoms with van der Waals surface area (Å²) in [5, 5.41) is 22.0. The zero-order valence-electron chi connectivity index (χ0n) is 21.4. The van der Waals surface area contributed by atoms with Crippen molar-refractivity contribution in [2.24, 2.45) is 0 Å². The van der Waals surface area contributed by atoms with Gasteiger partial charge in [-0.15, -0.1) is 10.2 Å². The highest BCUT2D eigenvalue weighted by molar-refractivity contribution is 7.92. The molecule has 0 bridgehead atoms. The molecule has 3 N–H and O–H groups in total. The molecule has 0 unspecified atom stereocenters. The SMILES string of the molecule is Cc1cn(-c2ccc(NCCN(C)C)nn2)c2ccc(N(NCC(=O)O)S(=O)(=O)c3cc(Cl)cc(Cl)c3)cc12. The molecule has 39 heavy (non-hydrogen) atoms. The molecule has 4 aromatic rings. The number of carboxylic acids is 1. The van der Waals surface area contributed by atoms with Gasteiger partial charge in [-0.25, -0.2) is 5.43 Å². The maximum Gasteiger partial charge on any atom is 0.319 e. The third-order valence-corrected chi connectivity index (χ3v) is 7.82. The summed E-state index contributed by atoms with van der Waals surface area (Å²) in [5.74, 6) is 0.00423. The van der Waals surface area contributed by atoms with Crippen LogP contribution in [0.15, 0.2) is 59.6 Å². The van der Waals surface area contributed by atoms with Crippen molar-refractivity contribution in [3.05, 3.63) is 70.3 Å². The highest BCUT2D eigenvalue weighted by Gasteiger charge is 2.27. The number of nitrogens with zero attached hydrogens (tertiary/aromatic N) is 5. The molecule has 11 nitrogen and oxygen atoms in total. The number of rotatable bonds is 11. The lowest BCUT2D eigenvalue weighted by atomic mass is 10.2. The number of aliphatic carboxylic acids is 1. The molecule has 0 amide bonds. The Morgan fingerprint density at radius 3 is 2.38 bits per heavy atom. The van der Waals surface area contributed by atoms with Crippen LogP contribution in [0.5, 0.6) is 0 Å². The average Bonchev–Trinajstić information content (AvgIpc) is 3.19. The maximum absolute atomic E-state index is 13.6. The quantitative estimate of drug-likeness (QED) is 0.223. The van der Waals surface area contributed by atoms with Crippen molar-refractivity contribution >= 4 is 61.6 Å². The minimum Gasteiger partial charge on any atom is -0.480 e. The van der Waals surface area contributed by atoms with Gasteiger partial charge in [0.25, 0.3) is 10.0 Å². The van der Waals surface area contributed by atoms with Crippen molar-refractivity contribution in [2.75, 3.05) is 43.5 Å². The van der Waals surface area contributed by atoms with E-state index in [9.17, 15) is 18.3 Å². The van der Waals surface area contributed by atoms with E-state index >= 15 is 0 Å².